The molecule has 0 heterocycles. The summed E-state index contributed by atoms with van der Waals surface area (Å²) in [5.41, 5.74) is 0. The molecular weight excluding hydrogens is 339 g/mol. The van der Waals surface area contributed by atoms with E-state index in [0.29, 0.717) is 0 Å². The van der Waals surface area contributed by atoms with Crippen LogP contribution in [0.3, 0.4) is 0 Å². The van der Waals surface area contributed by atoms with Gasteiger partial charge in [0, 0.05) is 34.1 Å². The summed E-state index contributed by atoms with van der Waals surface area (Å²) in [6.45, 7) is 0. The molecule has 1 radical (unpaired) electrons. The fraction of sp³-hybridized carbons (Fsp3) is 0. The SMILES string of the molecule is [AlH3].[Ba+2].[Ca+2].[Fe].[H-].[H-].[H-].[H-].[H-].[H-].[Mg+2].[Mn]. The Bertz CT molecular complexity index is 27.5. The first-order chi connectivity index (χ1) is 0. The van der Waals surface area contributed by atoms with Crippen LogP contribution in [-0.4, -0.2) is 127 Å². The maximum Gasteiger partial charge on any atom is 2.00 e. The van der Waals surface area contributed by atoms with E-state index in [9.17, 15) is 0 Å². The standard InChI is InChI=1S/Al.Ba.Ca.Fe.Mg.Mn.9H/q;2*+2;;+2;;;;;6*-1. The summed E-state index contributed by atoms with van der Waals surface area (Å²) < 4.78 is 0. The fourth-order valence-electron chi connectivity index (χ4n) is 0. The smallest absolute Gasteiger partial charge is 1.00 e. The molecule has 6 heavy (non-hydrogen) atoms. The van der Waals surface area contributed by atoms with Gasteiger partial charge < -0.3 is 8.56 Å². The zero-order valence-electron chi connectivity index (χ0n) is 8.85. The molecule has 33 valence electrons. The second-order valence-electron chi connectivity index (χ2n) is 0. The van der Waals surface area contributed by atoms with E-state index in [4.69, 9.17) is 0 Å². The largest absolute Gasteiger partial charge is 2.00 e. The second kappa shape index (κ2) is 32.0. The van der Waals surface area contributed by atoms with Crippen molar-refractivity contribution in [2.24, 2.45) is 0 Å². The van der Waals surface area contributed by atoms with Crippen LogP contribution in [0.15, 0.2) is 0 Å². The van der Waals surface area contributed by atoms with Crippen molar-refractivity contribution >= 4 is 127 Å². The third-order valence-corrected chi connectivity index (χ3v) is 0. The number of hydrogen-bond acceptors (Lipinski definition) is 0. The van der Waals surface area contributed by atoms with Gasteiger partial charge in [0.25, 0.3) is 0 Å². The summed E-state index contributed by atoms with van der Waals surface area (Å²) in [5.74, 6) is 0. The maximum atomic E-state index is 0. The van der Waals surface area contributed by atoms with Crippen molar-refractivity contribution in [3.63, 3.8) is 0 Å². The van der Waals surface area contributed by atoms with Crippen molar-refractivity contribution < 1.29 is 42.7 Å². The molecular formula is H9AlBaCaFeMgMn. The van der Waals surface area contributed by atoms with Crippen molar-refractivity contribution in [1.29, 1.82) is 0 Å². The molecule has 0 unspecified atom stereocenters. The summed E-state index contributed by atoms with van der Waals surface area (Å²) in [6.07, 6.45) is 0. The summed E-state index contributed by atoms with van der Waals surface area (Å²) >= 11 is 0. The van der Waals surface area contributed by atoms with Crippen LogP contribution in [0.5, 0.6) is 0 Å². The molecule has 0 spiro atoms. The molecule has 0 aliphatic carbocycles. The van der Waals surface area contributed by atoms with Crippen LogP contribution in [0.4, 0.5) is 0 Å². The van der Waals surface area contributed by atoms with Crippen LogP contribution < -0.4 is 0 Å². The summed E-state index contributed by atoms with van der Waals surface area (Å²) in [5, 5.41) is 0. The first-order valence-electron chi connectivity index (χ1n) is 0. The van der Waals surface area contributed by atoms with Crippen molar-refractivity contribution in [3.8, 4) is 0 Å². The van der Waals surface area contributed by atoms with Gasteiger partial charge in [-0.3, -0.25) is 0 Å². The second-order valence-corrected chi connectivity index (χ2v) is 0. The Morgan fingerprint density at radius 3 is 1.17 bits per heavy atom. The Balaban J connectivity index is 0. The first kappa shape index (κ1) is 43.2. The topological polar surface area (TPSA) is 0 Å². The van der Waals surface area contributed by atoms with Gasteiger partial charge in [-0.15, -0.1) is 0 Å². The Hall–Kier alpha value is 5.17. The summed E-state index contributed by atoms with van der Waals surface area (Å²) in [7, 11) is 0. The van der Waals surface area contributed by atoms with Gasteiger partial charge in [-0.25, -0.2) is 0 Å². The maximum absolute atomic E-state index is 0. The van der Waals surface area contributed by atoms with E-state index in [-0.39, 0.29) is 170 Å². The van der Waals surface area contributed by atoms with Crippen molar-refractivity contribution in [2.45, 2.75) is 0 Å². The van der Waals surface area contributed by atoms with E-state index < -0.39 is 0 Å². The Labute approximate surface area is 165 Å². The number of rotatable bonds is 0. The minimum atomic E-state index is 0. The van der Waals surface area contributed by atoms with E-state index in [1.165, 1.54) is 0 Å². The molecule has 0 aromatic carbocycles. The predicted octanol–water partition coefficient (Wildman–Crippen LogP) is -1.66. The van der Waals surface area contributed by atoms with Crippen LogP contribution in [-0.2, 0) is 34.1 Å². The van der Waals surface area contributed by atoms with Gasteiger partial charge in [-0.05, 0) is 0 Å². The molecule has 0 fully saturated rings. The average molecular weight is 349 g/mol. The van der Waals surface area contributed by atoms with Crippen LogP contribution in [0.1, 0.15) is 8.56 Å². The Morgan fingerprint density at radius 1 is 1.17 bits per heavy atom. The van der Waals surface area contributed by atoms with E-state index >= 15 is 0 Å². The number of hydrogen-bond donors (Lipinski definition) is 0. The van der Waals surface area contributed by atoms with Crippen molar-refractivity contribution in [2.75, 3.05) is 0 Å². The average Bonchev–Trinajstić information content (AvgIpc) is 0. The minimum Gasteiger partial charge on any atom is -1.00 e. The van der Waals surface area contributed by atoms with Crippen LogP contribution in [0.2, 0.25) is 0 Å². The fourth-order valence-corrected chi connectivity index (χ4v) is 0. The van der Waals surface area contributed by atoms with Gasteiger partial charge in [0.05, 0.1) is 0 Å². The first-order valence-corrected chi connectivity index (χ1v) is 0. The molecule has 0 aliphatic rings. The van der Waals surface area contributed by atoms with Gasteiger partial charge in [0.15, 0.2) is 17.4 Å². The third kappa shape index (κ3) is 22.9. The van der Waals surface area contributed by atoms with Crippen molar-refractivity contribution in [1.82, 2.24) is 0 Å². The predicted molar refractivity (Wildman–Crippen MR) is 33.9 cm³/mol. The molecule has 6 heteroatoms. The van der Waals surface area contributed by atoms with E-state index in [1.807, 2.05) is 0 Å². The molecule has 0 amide bonds. The zero-order chi connectivity index (χ0) is 0. The normalized spacial score (nSPS) is 0. The van der Waals surface area contributed by atoms with Crippen LogP contribution in [0.25, 0.3) is 0 Å². The molecule has 0 aromatic rings. The van der Waals surface area contributed by atoms with Crippen molar-refractivity contribution in [3.05, 3.63) is 0 Å². The molecule has 0 rings (SSSR count). The van der Waals surface area contributed by atoms with E-state index in [0.717, 1.165) is 0 Å². The molecule has 0 atom stereocenters. The van der Waals surface area contributed by atoms with E-state index in [1.54, 1.807) is 0 Å². The third-order valence-electron chi connectivity index (χ3n) is 0. The summed E-state index contributed by atoms with van der Waals surface area (Å²) in [4.78, 5) is 0. The van der Waals surface area contributed by atoms with Gasteiger partial charge >= 0.3 is 110 Å². The van der Waals surface area contributed by atoms with Gasteiger partial charge in [0.2, 0.25) is 0 Å². The van der Waals surface area contributed by atoms with E-state index in [2.05, 4.69) is 0 Å². The Morgan fingerprint density at radius 2 is 1.17 bits per heavy atom. The van der Waals surface area contributed by atoms with Gasteiger partial charge in [0.1, 0.15) is 0 Å². The van der Waals surface area contributed by atoms with Gasteiger partial charge in [-0.1, -0.05) is 0 Å². The van der Waals surface area contributed by atoms with Crippen LogP contribution >= 0.6 is 0 Å². The minimum absolute atomic E-state index is 0. The quantitative estimate of drug-likeness (QED) is 0.460. The van der Waals surface area contributed by atoms with Gasteiger partial charge in [-0.2, -0.15) is 0 Å². The molecule has 0 nitrogen and oxygen atoms in total. The molecule has 0 saturated carbocycles. The van der Waals surface area contributed by atoms with Crippen LogP contribution in [0, 0.1) is 0 Å². The molecule has 0 saturated heterocycles. The molecule has 0 bridgehead atoms. The summed E-state index contributed by atoms with van der Waals surface area (Å²) in [6, 6.07) is 0. The zero-order valence-corrected chi connectivity index (χ0v) is 13.2. The Kier molecular flexibility index (Phi) is 231. The molecule has 0 aliphatic heterocycles. The molecule has 0 N–H and O–H groups in total. The monoisotopic (exact) mass is 349 g/mol. The molecule has 0 aromatic heterocycles.